The van der Waals surface area contributed by atoms with Gasteiger partial charge < -0.3 is 20.4 Å². The van der Waals surface area contributed by atoms with Crippen LogP contribution in [0.25, 0.3) is 0 Å². The van der Waals surface area contributed by atoms with Gasteiger partial charge in [-0.2, -0.15) is 0 Å². The highest BCUT2D eigenvalue weighted by molar-refractivity contribution is 7.99. The van der Waals surface area contributed by atoms with Crippen LogP contribution in [0.3, 0.4) is 0 Å². The second-order valence-corrected chi connectivity index (χ2v) is 7.14. The lowest BCUT2D eigenvalue weighted by molar-refractivity contribution is -0.143. The van der Waals surface area contributed by atoms with Gasteiger partial charge in [-0.25, -0.2) is 4.98 Å². The van der Waals surface area contributed by atoms with E-state index in [1.54, 1.807) is 6.92 Å². The summed E-state index contributed by atoms with van der Waals surface area (Å²) in [5.41, 5.74) is 1.02. The third-order valence-electron chi connectivity index (χ3n) is 3.77. The molecule has 0 saturated heterocycles. The molecular formula is C20H24N4O5S. The Hall–Kier alpha value is -3.14. The van der Waals surface area contributed by atoms with Crippen LogP contribution in [-0.4, -0.2) is 53.2 Å². The molecule has 0 aliphatic carbocycles. The number of carbonyl (C=O) groups is 3. The van der Waals surface area contributed by atoms with Gasteiger partial charge in [0.25, 0.3) is 5.56 Å². The van der Waals surface area contributed by atoms with E-state index in [0.717, 1.165) is 17.3 Å². The molecule has 0 bridgehead atoms. The van der Waals surface area contributed by atoms with Gasteiger partial charge in [0.1, 0.15) is 6.54 Å². The lowest BCUT2D eigenvalue weighted by Gasteiger charge is -2.07. The van der Waals surface area contributed by atoms with Gasteiger partial charge in [0.05, 0.1) is 24.5 Å². The summed E-state index contributed by atoms with van der Waals surface area (Å²) in [5.74, 6) is -1.22. The van der Waals surface area contributed by atoms with Gasteiger partial charge >= 0.3 is 5.97 Å². The first-order valence-electron chi connectivity index (χ1n) is 9.42. The van der Waals surface area contributed by atoms with Crippen molar-refractivity contribution in [3.8, 4) is 0 Å². The lowest BCUT2D eigenvalue weighted by atomic mass is 10.1. The maximum atomic E-state index is 12.1. The van der Waals surface area contributed by atoms with Gasteiger partial charge in [-0.3, -0.25) is 19.2 Å². The molecule has 0 aliphatic heterocycles. The van der Waals surface area contributed by atoms with E-state index in [4.69, 9.17) is 4.74 Å². The molecule has 9 nitrogen and oxygen atoms in total. The molecule has 2 amide bonds. The maximum Gasteiger partial charge on any atom is 0.325 e. The Morgan fingerprint density at radius 2 is 1.90 bits per heavy atom. The number of aromatic nitrogens is 2. The molecule has 160 valence electrons. The molecule has 0 fully saturated rings. The summed E-state index contributed by atoms with van der Waals surface area (Å²) in [6, 6.07) is 11.0. The molecule has 30 heavy (non-hydrogen) atoms. The molecule has 1 aromatic heterocycles. The van der Waals surface area contributed by atoms with Crippen molar-refractivity contribution in [1.82, 2.24) is 20.6 Å². The van der Waals surface area contributed by atoms with E-state index in [9.17, 15) is 19.2 Å². The molecule has 0 spiro atoms. The predicted molar refractivity (Wildman–Crippen MR) is 112 cm³/mol. The Bertz CT molecular complexity index is 917. The fraction of sp³-hybridized carbons (Fsp3) is 0.350. The van der Waals surface area contributed by atoms with Crippen LogP contribution in [0, 0.1) is 0 Å². The number of H-pyrrole nitrogens is 1. The summed E-state index contributed by atoms with van der Waals surface area (Å²) in [6.45, 7) is 2.17. The average molecular weight is 433 g/mol. The monoisotopic (exact) mass is 432 g/mol. The van der Waals surface area contributed by atoms with Crippen LogP contribution in [0.4, 0.5) is 0 Å². The Morgan fingerprint density at radius 3 is 2.63 bits per heavy atom. The number of rotatable bonds is 11. The number of nitrogens with zero attached hydrogens (tertiary/aromatic N) is 1. The van der Waals surface area contributed by atoms with E-state index in [-0.39, 0.29) is 36.4 Å². The third kappa shape index (κ3) is 8.91. The highest BCUT2D eigenvalue weighted by Gasteiger charge is 2.10. The molecule has 1 heterocycles. The third-order valence-corrected chi connectivity index (χ3v) is 4.64. The summed E-state index contributed by atoms with van der Waals surface area (Å²) >= 11 is 1.00. The van der Waals surface area contributed by atoms with Gasteiger partial charge in [0.15, 0.2) is 5.16 Å². The van der Waals surface area contributed by atoms with Gasteiger partial charge in [-0.15, -0.1) is 0 Å². The molecule has 0 unspecified atom stereocenters. The average Bonchev–Trinajstić information content (AvgIpc) is 2.71. The summed E-state index contributed by atoms with van der Waals surface area (Å²) in [7, 11) is 0. The Kier molecular flexibility index (Phi) is 9.59. The summed E-state index contributed by atoms with van der Waals surface area (Å²) < 4.78 is 4.72. The zero-order chi connectivity index (χ0) is 21.8. The second kappa shape index (κ2) is 12.4. The first-order chi connectivity index (χ1) is 14.5. The number of carbonyl (C=O) groups excluding carboxylic acids is 3. The number of ether oxygens (including phenoxy) is 1. The lowest BCUT2D eigenvalue weighted by Crippen LogP contribution is -2.32. The molecule has 3 N–H and O–H groups in total. The van der Waals surface area contributed by atoms with Crippen LogP contribution in [0.15, 0.2) is 46.3 Å². The fourth-order valence-corrected chi connectivity index (χ4v) is 3.15. The van der Waals surface area contributed by atoms with Crippen molar-refractivity contribution in [2.75, 3.05) is 25.4 Å². The standard InChI is InChI=1S/C20H24N4O5S/c1-2-29-19(28)12-22-18(27)13-30-20-23-15(11-17(26)24-20)10-16(25)21-9-8-14-6-4-3-5-7-14/h3-7,11H,2,8-10,12-13H2,1H3,(H,21,25)(H,22,27)(H,23,24,26). The van der Waals surface area contributed by atoms with Crippen LogP contribution in [0.5, 0.6) is 0 Å². The molecule has 0 radical (unpaired) electrons. The number of hydrogen-bond acceptors (Lipinski definition) is 7. The first-order valence-corrected chi connectivity index (χ1v) is 10.4. The minimum absolute atomic E-state index is 0.0404. The van der Waals surface area contributed by atoms with Crippen LogP contribution in [0.2, 0.25) is 0 Å². The Balaban J connectivity index is 1.79. The Labute approximate surface area is 178 Å². The van der Waals surface area contributed by atoms with E-state index in [0.29, 0.717) is 18.7 Å². The minimum atomic E-state index is -0.525. The largest absolute Gasteiger partial charge is 0.465 e. The topological polar surface area (TPSA) is 130 Å². The molecule has 0 atom stereocenters. The van der Waals surface area contributed by atoms with Crippen LogP contribution in [0.1, 0.15) is 18.2 Å². The number of nitrogens with one attached hydrogen (secondary N) is 3. The van der Waals surface area contributed by atoms with Crippen molar-refractivity contribution in [1.29, 1.82) is 0 Å². The van der Waals surface area contributed by atoms with Crippen LogP contribution < -0.4 is 16.2 Å². The van der Waals surface area contributed by atoms with Gasteiger partial charge in [-0.05, 0) is 18.9 Å². The molecule has 1 aromatic carbocycles. The molecule has 2 aromatic rings. The van der Waals surface area contributed by atoms with Crippen molar-refractivity contribution in [2.45, 2.75) is 24.9 Å². The zero-order valence-electron chi connectivity index (χ0n) is 16.6. The van der Waals surface area contributed by atoms with Crippen LogP contribution >= 0.6 is 11.8 Å². The minimum Gasteiger partial charge on any atom is -0.465 e. The fourth-order valence-electron chi connectivity index (χ4n) is 2.43. The smallest absolute Gasteiger partial charge is 0.325 e. The van der Waals surface area contributed by atoms with Crippen LogP contribution in [-0.2, 0) is 32.0 Å². The normalized spacial score (nSPS) is 10.3. The van der Waals surface area contributed by atoms with E-state index in [2.05, 4.69) is 20.6 Å². The van der Waals surface area contributed by atoms with Crippen molar-refractivity contribution in [3.05, 3.63) is 58.0 Å². The number of hydrogen-bond donors (Lipinski definition) is 3. The highest BCUT2D eigenvalue weighted by Crippen LogP contribution is 2.11. The van der Waals surface area contributed by atoms with Crippen molar-refractivity contribution < 1.29 is 19.1 Å². The van der Waals surface area contributed by atoms with E-state index >= 15 is 0 Å². The molecule has 2 rings (SSSR count). The quantitative estimate of drug-likeness (QED) is 0.267. The molecule has 0 aliphatic rings. The molecular weight excluding hydrogens is 408 g/mol. The van der Waals surface area contributed by atoms with E-state index < -0.39 is 17.4 Å². The van der Waals surface area contributed by atoms with Crippen molar-refractivity contribution in [3.63, 3.8) is 0 Å². The molecule has 10 heteroatoms. The number of benzene rings is 1. The maximum absolute atomic E-state index is 12.1. The second-order valence-electron chi connectivity index (χ2n) is 6.17. The number of esters is 1. The SMILES string of the molecule is CCOC(=O)CNC(=O)CSc1nc(CC(=O)NCCc2ccccc2)cc(=O)[nH]1. The van der Waals surface area contributed by atoms with Gasteiger partial charge in [0.2, 0.25) is 11.8 Å². The predicted octanol–water partition coefficient (Wildman–Crippen LogP) is 0.443. The highest BCUT2D eigenvalue weighted by atomic mass is 32.2. The number of aromatic amines is 1. The summed E-state index contributed by atoms with van der Waals surface area (Å²) in [5, 5.41) is 5.44. The van der Waals surface area contributed by atoms with Crippen molar-refractivity contribution in [2.24, 2.45) is 0 Å². The first kappa shape index (κ1) is 23.1. The summed E-state index contributed by atoms with van der Waals surface area (Å²) in [4.78, 5) is 53.7. The Morgan fingerprint density at radius 1 is 1.13 bits per heavy atom. The van der Waals surface area contributed by atoms with E-state index in [1.807, 2.05) is 30.3 Å². The summed E-state index contributed by atoms with van der Waals surface area (Å²) in [6.07, 6.45) is 0.665. The zero-order valence-corrected chi connectivity index (χ0v) is 17.4. The number of thioether (sulfide) groups is 1. The van der Waals surface area contributed by atoms with Gasteiger partial charge in [0, 0.05) is 12.6 Å². The van der Waals surface area contributed by atoms with Crippen molar-refractivity contribution >= 4 is 29.5 Å². The van der Waals surface area contributed by atoms with E-state index in [1.165, 1.54) is 6.07 Å². The number of amides is 2. The van der Waals surface area contributed by atoms with Gasteiger partial charge in [-0.1, -0.05) is 42.1 Å². The molecule has 0 saturated carbocycles.